The third kappa shape index (κ3) is 2.11. The number of hydrogen-bond acceptors (Lipinski definition) is 5. The van der Waals surface area contributed by atoms with Crippen molar-refractivity contribution in [1.82, 2.24) is 30.3 Å². The van der Waals surface area contributed by atoms with E-state index < -0.39 is 0 Å². The molecule has 0 unspecified atom stereocenters. The van der Waals surface area contributed by atoms with Crippen molar-refractivity contribution in [1.29, 1.82) is 0 Å². The van der Waals surface area contributed by atoms with E-state index in [0.29, 0.717) is 11.9 Å². The summed E-state index contributed by atoms with van der Waals surface area (Å²) in [5.74, 6) is 0.707. The highest BCUT2D eigenvalue weighted by Gasteiger charge is 2.20. The first kappa shape index (κ1) is 11.3. The van der Waals surface area contributed by atoms with Gasteiger partial charge in [0.05, 0.1) is 12.2 Å². The van der Waals surface area contributed by atoms with Gasteiger partial charge in [0.15, 0.2) is 5.82 Å². The summed E-state index contributed by atoms with van der Waals surface area (Å²) in [6, 6.07) is 2.29. The maximum Gasteiger partial charge on any atom is 0.179 e. The van der Waals surface area contributed by atoms with Gasteiger partial charge in [-0.25, -0.2) is 14.6 Å². The third-order valence-corrected chi connectivity index (χ3v) is 3.25. The topological polar surface area (TPSA) is 68.5 Å². The van der Waals surface area contributed by atoms with Crippen LogP contribution in [-0.4, -0.2) is 38.1 Å². The molecule has 1 N–H and O–H groups in total. The molecule has 0 radical (unpaired) electrons. The summed E-state index contributed by atoms with van der Waals surface area (Å²) in [6.07, 6.45) is 5.67. The summed E-state index contributed by atoms with van der Waals surface area (Å²) in [5.41, 5.74) is 1.86. The third-order valence-electron chi connectivity index (χ3n) is 3.25. The van der Waals surface area contributed by atoms with Gasteiger partial charge in [0.1, 0.15) is 5.69 Å². The SMILES string of the molecule is Cc1ccnc(-c2cnnn2C2CCNCC2)n1. The predicted molar refractivity (Wildman–Crippen MR) is 66.9 cm³/mol. The van der Waals surface area contributed by atoms with Crippen molar-refractivity contribution in [3.63, 3.8) is 0 Å². The van der Waals surface area contributed by atoms with Crippen LogP contribution in [0.3, 0.4) is 0 Å². The molecule has 1 aliphatic heterocycles. The van der Waals surface area contributed by atoms with E-state index in [0.717, 1.165) is 37.3 Å². The molecule has 1 fully saturated rings. The highest BCUT2D eigenvalue weighted by Crippen LogP contribution is 2.23. The fourth-order valence-corrected chi connectivity index (χ4v) is 2.30. The zero-order chi connectivity index (χ0) is 12.4. The smallest absolute Gasteiger partial charge is 0.179 e. The Morgan fingerprint density at radius 1 is 1.33 bits per heavy atom. The zero-order valence-corrected chi connectivity index (χ0v) is 10.4. The van der Waals surface area contributed by atoms with Crippen LogP contribution in [0.25, 0.3) is 11.5 Å². The Morgan fingerprint density at radius 2 is 2.17 bits per heavy atom. The highest BCUT2D eigenvalue weighted by molar-refractivity contribution is 5.47. The lowest BCUT2D eigenvalue weighted by Crippen LogP contribution is -2.30. The van der Waals surface area contributed by atoms with Crippen LogP contribution in [0.5, 0.6) is 0 Å². The molecule has 2 aromatic heterocycles. The van der Waals surface area contributed by atoms with Crippen molar-refractivity contribution >= 4 is 0 Å². The first-order valence-electron chi connectivity index (χ1n) is 6.25. The van der Waals surface area contributed by atoms with Gasteiger partial charge in [-0.1, -0.05) is 5.21 Å². The highest BCUT2D eigenvalue weighted by atomic mass is 15.4. The van der Waals surface area contributed by atoms with Gasteiger partial charge in [-0.3, -0.25) is 0 Å². The van der Waals surface area contributed by atoms with Gasteiger partial charge < -0.3 is 5.32 Å². The summed E-state index contributed by atoms with van der Waals surface area (Å²) in [7, 11) is 0. The lowest BCUT2D eigenvalue weighted by molar-refractivity contribution is 0.340. The molecule has 1 aliphatic rings. The van der Waals surface area contributed by atoms with Gasteiger partial charge in [0, 0.05) is 11.9 Å². The second-order valence-electron chi connectivity index (χ2n) is 4.57. The molecule has 6 nitrogen and oxygen atoms in total. The number of rotatable bonds is 2. The number of nitrogens with one attached hydrogen (secondary N) is 1. The second-order valence-corrected chi connectivity index (χ2v) is 4.57. The molecule has 0 bridgehead atoms. The molecule has 18 heavy (non-hydrogen) atoms. The zero-order valence-electron chi connectivity index (χ0n) is 10.4. The second kappa shape index (κ2) is 4.81. The minimum absolute atomic E-state index is 0.396. The van der Waals surface area contributed by atoms with E-state index in [1.165, 1.54) is 0 Å². The van der Waals surface area contributed by atoms with Crippen LogP contribution in [0.1, 0.15) is 24.6 Å². The summed E-state index contributed by atoms with van der Waals surface area (Å²) in [5, 5.41) is 11.6. The average molecular weight is 244 g/mol. The molecule has 0 saturated carbocycles. The molecule has 3 rings (SSSR count). The Balaban J connectivity index is 1.95. The summed E-state index contributed by atoms with van der Waals surface area (Å²) >= 11 is 0. The standard InChI is InChI=1S/C12H16N6/c1-9-2-7-14-12(16-9)11-8-15-17-18(11)10-3-5-13-6-4-10/h2,7-8,10,13H,3-6H2,1H3. The number of aromatic nitrogens is 5. The largest absolute Gasteiger partial charge is 0.317 e. The maximum atomic E-state index is 4.44. The van der Waals surface area contributed by atoms with E-state index >= 15 is 0 Å². The lowest BCUT2D eigenvalue weighted by atomic mass is 10.1. The lowest BCUT2D eigenvalue weighted by Gasteiger charge is -2.23. The minimum atomic E-state index is 0.396. The Morgan fingerprint density at radius 3 is 2.94 bits per heavy atom. The average Bonchev–Trinajstić information content (AvgIpc) is 2.89. The van der Waals surface area contributed by atoms with Crippen LogP contribution in [0, 0.1) is 6.92 Å². The van der Waals surface area contributed by atoms with Crippen LogP contribution in [-0.2, 0) is 0 Å². The van der Waals surface area contributed by atoms with Crippen LogP contribution in [0.4, 0.5) is 0 Å². The molecule has 0 amide bonds. The molecule has 2 aromatic rings. The molecule has 0 aromatic carbocycles. The first-order chi connectivity index (χ1) is 8.84. The fraction of sp³-hybridized carbons (Fsp3) is 0.500. The number of aryl methyl sites for hydroxylation is 1. The molecule has 0 atom stereocenters. The molecule has 3 heterocycles. The summed E-state index contributed by atoms with van der Waals surface area (Å²) < 4.78 is 1.97. The molecular weight excluding hydrogens is 228 g/mol. The minimum Gasteiger partial charge on any atom is -0.317 e. The molecule has 94 valence electrons. The van der Waals surface area contributed by atoms with Gasteiger partial charge in [-0.2, -0.15) is 0 Å². The molecule has 0 spiro atoms. The number of hydrogen-bond donors (Lipinski definition) is 1. The Kier molecular flexibility index (Phi) is 3.02. The molecule has 0 aliphatic carbocycles. The van der Waals surface area contributed by atoms with E-state index in [1.807, 2.05) is 17.7 Å². The Bertz CT molecular complexity index is 529. The number of nitrogens with zero attached hydrogens (tertiary/aromatic N) is 5. The van der Waals surface area contributed by atoms with Crippen molar-refractivity contribution in [2.24, 2.45) is 0 Å². The van der Waals surface area contributed by atoms with Crippen molar-refractivity contribution in [3.05, 3.63) is 24.2 Å². The quantitative estimate of drug-likeness (QED) is 0.852. The van der Waals surface area contributed by atoms with Crippen LogP contribution < -0.4 is 5.32 Å². The van der Waals surface area contributed by atoms with Gasteiger partial charge in [0.25, 0.3) is 0 Å². The normalized spacial score (nSPS) is 16.9. The molecule has 1 saturated heterocycles. The number of piperidine rings is 1. The molecular formula is C12H16N6. The van der Waals surface area contributed by atoms with Crippen LogP contribution in [0.15, 0.2) is 18.5 Å². The van der Waals surface area contributed by atoms with E-state index in [9.17, 15) is 0 Å². The van der Waals surface area contributed by atoms with Crippen LogP contribution >= 0.6 is 0 Å². The van der Waals surface area contributed by atoms with Gasteiger partial charge in [-0.05, 0) is 38.9 Å². The van der Waals surface area contributed by atoms with Gasteiger partial charge in [-0.15, -0.1) is 5.10 Å². The summed E-state index contributed by atoms with van der Waals surface area (Å²) in [6.45, 7) is 4.02. The first-order valence-corrected chi connectivity index (χ1v) is 6.25. The van der Waals surface area contributed by atoms with Gasteiger partial charge >= 0.3 is 0 Å². The Labute approximate surface area is 105 Å². The van der Waals surface area contributed by atoms with Crippen molar-refractivity contribution in [3.8, 4) is 11.5 Å². The van der Waals surface area contributed by atoms with E-state index in [-0.39, 0.29) is 0 Å². The summed E-state index contributed by atoms with van der Waals surface area (Å²) in [4.78, 5) is 8.75. The van der Waals surface area contributed by atoms with Crippen molar-refractivity contribution in [2.75, 3.05) is 13.1 Å². The van der Waals surface area contributed by atoms with Crippen LogP contribution in [0.2, 0.25) is 0 Å². The van der Waals surface area contributed by atoms with E-state index in [4.69, 9.17) is 0 Å². The predicted octanol–water partition coefficient (Wildman–Crippen LogP) is 0.968. The van der Waals surface area contributed by atoms with E-state index in [2.05, 4.69) is 25.6 Å². The molecule has 6 heteroatoms. The fourth-order valence-electron chi connectivity index (χ4n) is 2.30. The van der Waals surface area contributed by atoms with E-state index in [1.54, 1.807) is 12.4 Å². The Hall–Kier alpha value is -1.82. The monoisotopic (exact) mass is 244 g/mol. The van der Waals surface area contributed by atoms with Crippen molar-refractivity contribution < 1.29 is 0 Å². The maximum absolute atomic E-state index is 4.44. The van der Waals surface area contributed by atoms with Crippen molar-refractivity contribution in [2.45, 2.75) is 25.8 Å². The van der Waals surface area contributed by atoms with Gasteiger partial charge in [0.2, 0.25) is 0 Å².